The van der Waals surface area contributed by atoms with Crippen LogP contribution in [-0.2, 0) is 18.7 Å². The number of carbonyl (C=O) groups is 1. The molecule has 0 radical (unpaired) electrons. The third kappa shape index (κ3) is 5.82. The van der Waals surface area contributed by atoms with Gasteiger partial charge in [0.25, 0.3) is 0 Å². The first kappa shape index (κ1) is 26.7. The van der Waals surface area contributed by atoms with Gasteiger partial charge >= 0.3 is 0 Å². The molecule has 188 valence electrons. The van der Waals surface area contributed by atoms with Gasteiger partial charge in [0.05, 0.1) is 39.0 Å². The minimum absolute atomic E-state index is 0.120. The molecule has 1 aromatic rings. The molecule has 0 N–H and O–H groups in total. The van der Waals surface area contributed by atoms with Gasteiger partial charge in [0, 0.05) is 18.5 Å². The number of ether oxygens (including phenoxy) is 3. The summed E-state index contributed by atoms with van der Waals surface area (Å²) in [5, 5.41) is 0.175. The molecular weight excluding hydrogens is 448 g/mol. The molecule has 1 aromatic carbocycles. The van der Waals surface area contributed by atoms with Crippen LogP contribution >= 0.6 is 0 Å². The molecule has 7 nitrogen and oxygen atoms in total. The summed E-state index contributed by atoms with van der Waals surface area (Å²) in [6.45, 7) is 25.1. The normalized spacial score (nSPS) is 22.3. The van der Waals surface area contributed by atoms with E-state index < -0.39 is 13.9 Å². The van der Waals surface area contributed by atoms with Gasteiger partial charge in [-0.1, -0.05) is 26.8 Å². The molecule has 2 aliphatic rings. The van der Waals surface area contributed by atoms with Crippen molar-refractivity contribution < 1.29 is 23.4 Å². The van der Waals surface area contributed by atoms with E-state index in [0.29, 0.717) is 50.8 Å². The Morgan fingerprint density at radius 1 is 1.21 bits per heavy atom. The van der Waals surface area contributed by atoms with Crippen LogP contribution in [0.15, 0.2) is 18.2 Å². The molecule has 1 fully saturated rings. The summed E-state index contributed by atoms with van der Waals surface area (Å²) in [7, 11) is -1.78. The van der Waals surface area contributed by atoms with Crippen LogP contribution in [0.5, 0.6) is 5.75 Å². The van der Waals surface area contributed by atoms with Crippen molar-refractivity contribution in [3.63, 3.8) is 0 Å². The largest absolute Gasteiger partial charge is 0.485 e. The Morgan fingerprint density at radius 2 is 1.91 bits per heavy atom. The summed E-state index contributed by atoms with van der Waals surface area (Å²) in [5.41, 5.74) is 0.727. The minimum atomic E-state index is -1.78. The summed E-state index contributed by atoms with van der Waals surface area (Å²) in [6, 6.07) is 5.13. The Kier molecular flexibility index (Phi) is 8.13. The van der Waals surface area contributed by atoms with Gasteiger partial charge in [0.1, 0.15) is 17.5 Å². The van der Waals surface area contributed by atoms with Crippen molar-refractivity contribution in [1.29, 1.82) is 0 Å². The van der Waals surface area contributed by atoms with E-state index in [9.17, 15) is 4.79 Å². The third-order valence-corrected chi connectivity index (χ3v) is 11.8. The lowest BCUT2D eigenvalue weighted by atomic mass is 9.85. The third-order valence-electron chi connectivity index (χ3n) is 7.25. The molecule has 1 amide bonds. The molecule has 2 aliphatic heterocycles. The number of carbonyl (C=O) groups excluding carboxylic acids is 1. The minimum Gasteiger partial charge on any atom is -0.485 e. The van der Waals surface area contributed by atoms with E-state index >= 15 is 0 Å². The monoisotopic (exact) mass is 488 g/mol. The lowest BCUT2D eigenvalue weighted by Crippen LogP contribution is -2.55. The maximum absolute atomic E-state index is 12.7. The highest BCUT2D eigenvalue weighted by Gasteiger charge is 2.49. The Morgan fingerprint density at radius 3 is 2.53 bits per heavy atom. The van der Waals surface area contributed by atoms with E-state index in [2.05, 4.69) is 38.7 Å². The fourth-order valence-corrected chi connectivity index (χ4v) is 5.34. The number of rotatable bonds is 9. The first-order chi connectivity index (χ1) is 15.9. The molecule has 0 aromatic heterocycles. The molecule has 0 spiro atoms. The SMILES string of the molecule is [C-]#[N+]c1ccc2c(c1)[C@@H](N1CCCC1=O)[C@H](OCCOCCO[Si](C)(C)C(C)(C)C)C(C)(C)O2. The zero-order valence-corrected chi connectivity index (χ0v) is 22.8. The van der Waals surface area contributed by atoms with Crippen molar-refractivity contribution in [3.05, 3.63) is 35.2 Å². The molecule has 0 aliphatic carbocycles. The number of nitrogens with zero attached hydrogens (tertiary/aromatic N) is 2. The smallest absolute Gasteiger partial charge is 0.223 e. The lowest BCUT2D eigenvalue weighted by molar-refractivity contribution is -0.151. The predicted molar refractivity (Wildman–Crippen MR) is 135 cm³/mol. The quantitative estimate of drug-likeness (QED) is 0.261. The van der Waals surface area contributed by atoms with Crippen molar-refractivity contribution in [3.8, 4) is 5.75 Å². The van der Waals surface area contributed by atoms with E-state index in [1.54, 1.807) is 6.07 Å². The predicted octanol–water partition coefficient (Wildman–Crippen LogP) is 5.50. The lowest BCUT2D eigenvalue weighted by Gasteiger charge is -2.47. The highest BCUT2D eigenvalue weighted by molar-refractivity contribution is 6.74. The number of benzene rings is 1. The Balaban J connectivity index is 1.65. The van der Waals surface area contributed by atoms with E-state index in [4.69, 9.17) is 25.2 Å². The highest BCUT2D eigenvalue weighted by Crippen LogP contribution is 2.46. The standard InChI is InChI=1S/C26H40N2O5Si/c1-25(2,3)34(7,8)32-17-15-30-14-16-31-24-23(28-13-9-10-22(28)29)20-18-19(27-6)11-12-21(20)33-26(24,4)5/h11-12,18,23-24H,9-10,13-17H2,1-5,7-8H3/t23-,24+/m1/s1. The van der Waals surface area contributed by atoms with Gasteiger partial charge in [-0.25, -0.2) is 4.85 Å². The van der Waals surface area contributed by atoms with Gasteiger partial charge in [-0.05, 0) is 50.5 Å². The molecule has 0 unspecified atom stereocenters. The maximum Gasteiger partial charge on any atom is 0.223 e. The average molecular weight is 489 g/mol. The van der Waals surface area contributed by atoms with Gasteiger partial charge in [-0.3, -0.25) is 4.79 Å². The molecule has 34 heavy (non-hydrogen) atoms. The van der Waals surface area contributed by atoms with Crippen molar-refractivity contribution in [2.75, 3.05) is 33.0 Å². The van der Waals surface area contributed by atoms with Crippen molar-refractivity contribution in [2.45, 2.75) is 83.3 Å². The molecular formula is C26H40N2O5Si. The molecule has 2 heterocycles. The molecule has 8 heteroatoms. The van der Waals surface area contributed by atoms with E-state index in [0.717, 1.165) is 12.0 Å². The second kappa shape index (κ2) is 10.4. The fourth-order valence-electron chi connectivity index (χ4n) is 4.31. The Hall–Kier alpha value is -1.92. The van der Waals surface area contributed by atoms with Gasteiger partial charge in [0.15, 0.2) is 14.0 Å². The highest BCUT2D eigenvalue weighted by atomic mass is 28.4. The van der Waals surface area contributed by atoms with Crippen molar-refractivity contribution in [1.82, 2.24) is 4.90 Å². The summed E-state index contributed by atoms with van der Waals surface area (Å²) in [4.78, 5) is 18.2. The van der Waals surface area contributed by atoms with E-state index in [1.165, 1.54) is 0 Å². The molecule has 0 saturated carbocycles. The first-order valence-electron chi connectivity index (χ1n) is 12.2. The Labute approximate surface area is 205 Å². The number of likely N-dealkylation sites (tertiary alicyclic amines) is 1. The average Bonchev–Trinajstić information content (AvgIpc) is 3.16. The first-order valence-corrected chi connectivity index (χ1v) is 15.1. The van der Waals surface area contributed by atoms with Gasteiger partial charge in [0.2, 0.25) is 5.91 Å². The zero-order valence-electron chi connectivity index (χ0n) is 21.8. The molecule has 3 rings (SSSR count). The van der Waals surface area contributed by atoms with Gasteiger partial charge in [-0.15, -0.1) is 0 Å². The van der Waals surface area contributed by atoms with E-state index in [1.807, 2.05) is 30.9 Å². The number of amides is 1. The number of hydrogen-bond acceptors (Lipinski definition) is 5. The van der Waals surface area contributed by atoms with Crippen molar-refractivity contribution >= 4 is 19.9 Å². The fraction of sp³-hybridized carbons (Fsp3) is 0.692. The van der Waals surface area contributed by atoms with Crippen LogP contribution < -0.4 is 4.74 Å². The van der Waals surface area contributed by atoms with Crippen molar-refractivity contribution in [2.24, 2.45) is 0 Å². The van der Waals surface area contributed by atoms with Crippen LogP contribution in [0.1, 0.15) is 59.1 Å². The van der Waals surface area contributed by atoms with Crippen LogP contribution in [0.3, 0.4) is 0 Å². The second-order valence-corrected chi connectivity index (χ2v) is 16.0. The van der Waals surface area contributed by atoms with E-state index in [-0.39, 0.29) is 23.1 Å². The van der Waals surface area contributed by atoms with Crippen LogP contribution in [0.2, 0.25) is 18.1 Å². The summed E-state index contributed by atoms with van der Waals surface area (Å²) in [6.07, 6.45) is 0.994. The second-order valence-electron chi connectivity index (χ2n) is 11.2. The van der Waals surface area contributed by atoms with Crippen LogP contribution in [0, 0.1) is 6.57 Å². The summed E-state index contributed by atoms with van der Waals surface area (Å²) < 4.78 is 24.6. The Bertz CT molecular complexity index is 919. The summed E-state index contributed by atoms with van der Waals surface area (Å²) >= 11 is 0. The molecule has 1 saturated heterocycles. The maximum atomic E-state index is 12.7. The van der Waals surface area contributed by atoms with Gasteiger partial charge < -0.3 is 23.5 Å². The zero-order chi connectivity index (χ0) is 25.1. The van der Waals surface area contributed by atoms with Crippen LogP contribution in [0.25, 0.3) is 4.85 Å². The van der Waals surface area contributed by atoms with Gasteiger partial charge in [-0.2, -0.15) is 0 Å². The van der Waals surface area contributed by atoms with Crippen LogP contribution in [-0.4, -0.2) is 63.8 Å². The number of hydrogen-bond donors (Lipinski definition) is 0. The number of fused-ring (bicyclic) bond motifs is 1. The molecule has 0 bridgehead atoms. The van der Waals surface area contributed by atoms with Crippen LogP contribution in [0.4, 0.5) is 5.69 Å². The topological polar surface area (TPSA) is 61.6 Å². The molecule has 2 atom stereocenters. The summed E-state index contributed by atoms with van der Waals surface area (Å²) in [5.74, 6) is 0.829.